The second-order valence-corrected chi connectivity index (χ2v) is 5.14. The van der Waals surface area contributed by atoms with Crippen LogP contribution in [0.25, 0.3) is 0 Å². The van der Waals surface area contributed by atoms with Crippen molar-refractivity contribution in [3.05, 3.63) is 29.1 Å². The van der Waals surface area contributed by atoms with E-state index in [1.165, 1.54) is 6.07 Å². The van der Waals surface area contributed by atoms with Crippen LogP contribution in [-0.4, -0.2) is 5.60 Å². The Hall–Kier alpha value is -1.09. The average molecular weight is 239 g/mol. The molecule has 0 saturated carbocycles. The summed E-state index contributed by atoms with van der Waals surface area (Å²) in [6.07, 6.45) is 0.877. The molecular weight excluding hydrogens is 217 g/mol. The smallest absolute Gasteiger partial charge is 0.126 e. The summed E-state index contributed by atoms with van der Waals surface area (Å²) in [5.41, 5.74) is 6.87. The van der Waals surface area contributed by atoms with Gasteiger partial charge in [0.05, 0.1) is 0 Å². The second kappa shape index (κ2) is 5.05. The van der Waals surface area contributed by atoms with E-state index in [1.54, 1.807) is 13.0 Å². The maximum Gasteiger partial charge on any atom is 0.126 e. The van der Waals surface area contributed by atoms with Crippen molar-refractivity contribution in [1.29, 1.82) is 0 Å². The normalized spacial score (nSPS) is 13.6. The molecule has 1 rings (SSSR count). The van der Waals surface area contributed by atoms with E-state index in [-0.39, 0.29) is 17.5 Å². The van der Waals surface area contributed by atoms with Gasteiger partial charge in [-0.05, 0) is 51.8 Å². The maximum atomic E-state index is 13.5. The van der Waals surface area contributed by atoms with Gasteiger partial charge in [0, 0.05) is 11.6 Å². The number of hydrogen-bond donors (Lipinski definition) is 1. The van der Waals surface area contributed by atoms with Gasteiger partial charge in [-0.1, -0.05) is 6.92 Å². The summed E-state index contributed by atoms with van der Waals surface area (Å²) < 4.78 is 19.5. The monoisotopic (exact) mass is 239 g/mol. The van der Waals surface area contributed by atoms with Crippen LogP contribution in [0.5, 0.6) is 5.75 Å². The van der Waals surface area contributed by atoms with E-state index in [4.69, 9.17) is 10.5 Å². The van der Waals surface area contributed by atoms with Crippen molar-refractivity contribution >= 4 is 0 Å². The van der Waals surface area contributed by atoms with E-state index in [2.05, 4.69) is 6.92 Å². The van der Waals surface area contributed by atoms with Crippen LogP contribution < -0.4 is 10.5 Å². The Morgan fingerprint density at radius 2 is 2.00 bits per heavy atom. The lowest BCUT2D eigenvalue weighted by Gasteiger charge is -2.27. The zero-order chi connectivity index (χ0) is 13.2. The molecule has 0 aliphatic carbocycles. The zero-order valence-electron chi connectivity index (χ0n) is 11.3. The van der Waals surface area contributed by atoms with Gasteiger partial charge in [-0.25, -0.2) is 4.39 Å². The van der Waals surface area contributed by atoms with Crippen molar-refractivity contribution in [2.24, 2.45) is 5.73 Å². The van der Waals surface area contributed by atoms with Crippen molar-refractivity contribution in [3.8, 4) is 5.75 Å². The van der Waals surface area contributed by atoms with E-state index in [0.717, 1.165) is 12.0 Å². The SMILES string of the molecule is CCC(C)(C)Oc1cc(C)c(F)cc1C(C)N. The number of rotatable bonds is 4. The largest absolute Gasteiger partial charge is 0.488 e. The second-order valence-electron chi connectivity index (χ2n) is 5.14. The molecule has 0 heterocycles. The molecule has 0 aliphatic heterocycles. The van der Waals surface area contributed by atoms with Crippen LogP contribution in [0.2, 0.25) is 0 Å². The quantitative estimate of drug-likeness (QED) is 0.869. The first-order valence-electron chi connectivity index (χ1n) is 6.01. The van der Waals surface area contributed by atoms with E-state index in [1.807, 2.05) is 20.8 Å². The molecule has 0 bridgehead atoms. The third-order valence-corrected chi connectivity index (χ3v) is 3.02. The Balaban J connectivity index is 3.17. The predicted molar refractivity (Wildman–Crippen MR) is 68.7 cm³/mol. The average Bonchev–Trinajstić information content (AvgIpc) is 2.22. The first-order chi connectivity index (χ1) is 7.76. The highest BCUT2D eigenvalue weighted by atomic mass is 19.1. The number of benzene rings is 1. The van der Waals surface area contributed by atoms with Gasteiger partial charge in [0.2, 0.25) is 0 Å². The van der Waals surface area contributed by atoms with Crippen molar-refractivity contribution in [2.45, 2.75) is 52.7 Å². The van der Waals surface area contributed by atoms with Gasteiger partial charge in [-0.15, -0.1) is 0 Å². The van der Waals surface area contributed by atoms with Crippen LogP contribution in [0.3, 0.4) is 0 Å². The molecule has 3 heteroatoms. The Kier molecular flexibility index (Phi) is 4.15. The molecule has 1 aromatic rings. The highest BCUT2D eigenvalue weighted by molar-refractivity contribution is 5.40. The van der Waals surface area contributed by atoms with Crippen LogP contribution in [0, 0.1) is 12.7 Å². The molecule has 1 unspecified atom stereocenters. The maximum absolute atomic E-state index is 13.5. The standard InChI is InChI=1S/C14H22FNO/c1-6-14(4,5)17-13-7-9(2)12(15)8-11(13)10(3)16/h7-8,10H,6,16H2,1-5H3. The first-order valence-corrected chi connectivity index (χ1v) is 6.01. The van der Waals surface area contributed by atoms with Gasteiger partial charge in [0.1, 0.15) is 17.2 Å². The minimum absolute atomic E-state index is 0.237. The molecule has 0 fully saturated rings. The lowest BCUT2D eigenvalue weighted by molar-refractivity contribution is 0.103. The van der Waals surface area contributed by atoms with Gasteiger partial charge < -0.3 is 10.5 Å². The number of halogens is 1. The lowest BCUT2D eigenvalue weighted by Crippen LogP contribution is -2.28. The van der Waals surface area contributed by atoms with Crippen LogP contribution >= 0.6 is 0 Å². The zero-order valence-corrected chi connectivity index (χ0v) is 11.3. The number of hydrogen-bond acceptors (Lipinski definition) is 2. The molecule has 2 nitrogen and oxygen atoms in total. The van der Waals surface area contributed by atoms with Gasteiger partial charge in [0.15, 0.2) is 0 Å². The van der Waals surface area contributed by atoms with Crippen LogP contribution in [0.15, 0.2) is 12.1 Å². The molecule has 1 aromatic carbocycles. The van der Waals surface area contributed by atoms with Gasteiger partial charge >= 0.3 is 0 Å². The summed E-state index contributed by atoms with van der Waals surface area (Å²) in [5.74, 6) is 0.449. The van der Waals surface area contributed by atoms with Crippen molar-refractivity contribution in [2.75, 3.05) is 0 Å². The van der Waals surface area contributed by atoms with Crippen molar-refractivity contribution < 1.29 is 9.13 Å². The van der Waals surface area contributed by atoms with E-state index in [9.17, 15) is 4.39 Å². The summed E-state index contributed by atoms with van der Waals surface area (Å²) in [4.78, 5) is 0. The molecule has 1 atom stereocenters. The fraction of sp³-hybridized carbons (Fsp3) is 0.571. The number of ether oxygens (including phenoxy) is 1. The minimum atomic E-state index is -0.270. The molecule has 0 spiro atoms. The van der Waals surface area contributed by atoms with E-state index in [0.29, 0.717) is 11.3 Å². The van der Waals surface area contributed by atoms with Crippen LogP contribution in [0.4, 0.5) is 4.39 Å². The van der Waals surface area contributed by atoms with Gasteiger partial charge in [0.25, 0.3) is 0 Å². The summed E-state index contributed by atoms with van der Waals surface area (Å²) in [7, 11) is 0. The molecule has 0 saturated heterocycles. The number of aryl methyl sites for hydroxylation is 1. The van der Waals surface area contributed by atoms with Gasteiger partial charge in [-0.2, -0.15) is 0 Å². The molecule has 0 radical (unpaired) electrons. The summed E-state index contributed by atoms with van der Waals surface area (Å²) >= 11 is 0. The molecule has 17 heavy (non-hydrogen) atoms. The topological polar surface area (TPSA) is 35.2 Å². The Bertz CT molecular complexity index is 399. The number of nitrogens with two attached hydrogens (primary N) is 1. The first kappa shape index (κ1) is 14.0. The van der Waals surface area contributed by atoms with Crippen molar-refractivity contribution in [1.82, 2.24) is 0 Å². The van der Waals surface area contributed by atoms with Crippen LogP contribution in [0.1, 0.15) is 51.3 Å². The summed E-state index contributed by atoms with van der Waals surface area (Å²) in [6.45, 7) is 9.64. The predicted octanol–water partition coefficient (Wildman–Crippen LogP) is 3.72. The minimum Gasteiger partial charge on any atom is -0.488 e. The third kappa shape index (κ3) is 3.43. The Morgan fingerprint density at radius 3 is 2.47 bits per heavy atom. The molecule has 0 amide bonds. The van der Waals surface area contributed by atoms with E-state index >= 15 is 0 Å². The molecule has 0 aliphatic rings. The Labute approximate surface area is 103 Å². The van der Waals surface area contributed by atoms with Crippen molar-refractivity contribution in [3.63, 3.8) is 0 Å². The third-order valence-electron chi connectivity index (χ3n) is 3.02. The molecule has 2 N–H and O–H groups in total. The molecule has 96 valence electrons. The Morgan fingerprint density at radius 1 is 1.41 bits per heavy atom. The molecular formula is C14H22FNO. The highest BCUT2D eigenvalue weighted by Crippen LogP contribution is 2.30. The summed E-state index contributed by atoms with van der Waals surface area (Å²) in [5, 5.41) is 0. The highest BCUT2D eigenvalue weighted by Gasteiger charge is 2.20. The summed E-state index contributed by atoms with van der Waals surface area (Å²) in [6, 6.07) is 2.96. The van der Waals surface area contributed by atoms with Gasteiger partial charge in [-0.3, -0.25) is 0 Å². The fourth-order valence-corrected chi connectivity index (χ4v) is 1.48. The van der Waals surface area contributed by atoms with Crippen LogP contribution in [-0.2, 0) is 0 Å². The van der Waals surface area contributed by atoms with E-state index < -0.39 is 0 Å². The lowest BCUT2D eigenvalue weighted by atomic mass is 10.0. The molecule has 0 aromatic heterocycles. The fourth-order valence-electron chi connectivity index (χ4n) is 1.48.